The number of hydrogen-bond acceptors (Lipinski definition) is 0. The second kappa shape index (κ2) is 9.97. The number of hydrogen-bond donors (Lipinski definition) is 0. The van der Waals surface area contributed by atoms with Gasteiger partial charge in [0, 0.05) is 18.6 Å². The van der Waals surface area contributed by atoms with Gasteiger partial charge in [-0.1, -0.05) is 38.7 Å². The Morgan fingerprint density at radius 3 is 2.07 bits per heavy atom. The molecule has 1 heterocycles. The molecular weight excluding hydrogens is 206 g/mol. The van der Waals surface area contributed by atoms with Crippen LogP contribution in [0.1, 0.15) is 45.4 Å². The molecule has 0 saturated carbocycles. The molecule has 1 aromatic heterocycles. The molecule has 0 radical (unpaired) electrons. The molecular formula is C13H23ClN+. The molecule has 1 aromatic rings. The number of halogens is 1. The lowest BCUT2D eigenvalue weighted by Crippen LogP contribution is -2.32. The Bertz CT molecular complexity index is 223. The molecule has 0 atom stereocenters. The molecule has 0 unspecified atom stereocenters. The Balaban J connectivity index is 0.00000196. The van der Waals surface area contributed by atoms with Crippen LogP contribution in [0.5, 0.6) is 0 Å². The van der Waals surface area contributed by atoms with E-state index in [1.165, 1.54) is 45.1 Å². The van der Waals surface area contributed by atoms with E-state index >= 15 is 0 Å². The zero-order valence-electron chi connectivity index (χ0n) is 9.69. The molecule has 0 amide bonds. The fourth-order valence-corrected chi connectivity index (χ4v) is 1.66. The third-order valence-corrected chi connectivity index (χ3v) is 2.55. The molecule has 1 rings (SSSR count). The maximum Gasteiger partial charge on any atom is 0.168 e. The van der Waals surface area contributed by atoms with Crippen LogP contribution in [0.3, 0.4) is 0 Å². The zero-order chi connectivity index (χ0) is 10.1. The van der Waals surface area contributed by atoms with Gasteiger partial charge in [-0.3, -0.25) is 0 Å². The number of pyridine rings is 1. The van der Waals surface area contributed by atoms with Crippen LogP contribution in [0.25, 0.3) is 0 Å². The second-order valence-electron chi connectivity index (χ2n) is 3.88. The van der Waals surface area contributed by atoms with Crippen LogP contribution >= 0.6 is 12.4 Å². The monoisotopic (exact) mass is 228 g/mol. The van der Waals surface area contributed by atoms with Crippen molar-refractivity contribution in [3.8, 4) is 0 Å². The Morgan fingerprint density at radius 2 is 1.40 bits per heavy atom. The lowest BCUT2D eigenvalue weighted by molar-refractivity contribution is -0.697. The highest BCUT2D eigenvalue weighted by molar-refractivity contribution is 5.85. The quantitative estimate of drug-likeness (QED) is 0.494. The molecule has 0 fully saturated rings. The highest BCUT2D eigenvalue weighted by atomic mass is 35.5. The van der Waals surface area contributed by atoms with E-state index in [1.807, 2.05) is 0 Å². The van der Waals surface area contributed by atoms with E-state index < -0.39 is 0 Å². The molecule has 86 valence electrons. The Labute approximate surface area is 99.9 Å². The first-order chi connectivity index (χ1) is 6.93. The van der Waals surface area contributed by atoms with Crippen molar-refractivity contribution in [1.82, 2.24) is 0 Å². The molecule has 2 heteroatoms. The normalized spacial score (nSPS) is 9.67. The van der Waals surface area contributed by atoms with Gasteiger partial charge in [0.05, 0.1) is 0 Å². The van der Waals surface area contributed by atoms with E-state index in [-0.39, 0.29) is 12.4 Å². The number of aromatic nitrogens is 1. The fourth-order valence-electron chi connectivity index (χ4n) is 1.66. The fraction of sp³-hybridized carbons (Fsp3) is 0.615. The third-order valence-electron chi connectivity index (χ3n) is 2.55. The van der Waals surface area contributed by atoms with Gasteiger partial charge in [0.15, 0.2) is 12.4 Å². The van der Waals surface area contributed by atoms with Crippen LogP contribution in [0.2, 0.25) is 0 Å². The van der Waals surface area contributed by atoms with Crippen molar-refractivity contribution in [3.63, 3.8) is 0 Å². The van der Waals surface area contributed by atoms with Crippen LogP contribution in [0, 0.1) is 0 Å². The van der Waals surface area contributed by atoms with Crippen LogP contribution in [0.15, 0.2) is 30.6 Å². The summed E-state index contributed by atoms with van der Waals surface area (Å²) in [4.78, 5) is 0. The molecule has 1 nitrogen and oxygen atoms in total. The Morgan fingerprint density at radius 1 is 0.800 bits per heavy atom. The van der Waals surface area contributed by atoms with Gasteiger partial charge in [-0.25, -0.2) is 4.57 Å². The molecule has 0 spiro atoms. The lowest BCUT2D eigenvalue weighted by atomic mass is 10.1. The van der Waals surface area contributed by atoms with Crippen molar-refractivity contribution in [2.24, 2.45) is 0 Å². The van der Waals surface area contributed by atoms with Gasteiger partial charge in [-0.05, 0) is 6.42 Å². The number of unbranched alkanes of at least 4 members (excludes halogenated alkanes) is 5. The van der Waals surface area contributed by atoms with Gasteiger partial charge in [0.2, 0.25) is 0 Å². The summed E-state index contributed by atoms with van der Waals surface area (Å²) in [6, 6.07) is 6.26. The summed E-state index contributed by atoms with van der Waals surface area (Å²) < 4.78 is 2.26. The molecule has 0 aromatic carbocycles. The number of nitrogens with zero attached hydrogens (tertiary/aromatic N) is 1. The highest BCUT2D eigenvalue weighted by Gasteiger charge is 1.96. The number of rotatable bonds is 7. The van der Waals surface area contributed by atoms with Crippen molar-refractivity contribution in [3.05, 3.63) is 30.6 Å². The molecule has 0 aliphatic heterocycles. The summed E-state index contributed by atoms with van der Waals surface area (Å²) in [5.74, 6) is 0. The van der Waals surface area contributed by atoms with Gasteiger partial charge < -0.3 is 0 Å². The first-order valence-corrected chi connectivity index (χ1v) is 5.87. The average Bonchev–Trinajstić information content (AvgIpc) is 2.25. The Hall–Kier alpha value is -0.560. The molecule has 0 bridgehead atoms. The van der Waals surface area contributed by atoms with E-state index in [4.69, 9.17) is 0 Å². The summed E-state index contributed by atoms with van der Waals surface area (Å²) in [6.07, 6.45) is 12.5. The van der Waals surface area contributed by atoms with Crippen LogP contribution in [-0.2, 0) is 6.54 Å². The Kier molecular flexibility index (Phi) is 9.60. The van der Waals surface area contributed by atoms with Gasteiger partial charge in [0.1, 0.15) is 6.54 Å². The molecule has 0 aliphatic rings. The van der Waals surface area contributed by atoms with Crippen molar-refractivity contribution >= 4 is 12.4 Å². The minimum absolute atomic E-state index is 0. The van der Waals surface area contributed by atoms with Gasteiger partial charge in [0.25, 0.3) is 0 Å². The van der Waals surface area contributed by atoms with Crippen molar-refractivity contribution in [1.29, 1.82) is 0 Å². The second-order valence-corrected chi connectivity index (χ2v) is 3.88. The van der Waals surface area contributed by atoms with Gasteiger partial charge in [-0.2, -0.15) is 0 Å². The first kappa shape index (κ1) is 14.4. The molecule has 0 aliphatic carbocycles. The van der Waals surface area contributed by atoms with Crippen LogP contribution in [0.4, 0.5) is 0 Å². The summed E-state index contributed by atoms with van der Waals surface area (Å²) >= 11 is 0. The topological polar surface area (TPSA) is 3.88 Å². The molecule has 15 heavy (non-hydrogen) atoms. The van der Waals surface area contributed by atoms with E-state index in [0.717, 1.165) is 0 Å². The van der Waals surface area contributed by atoms with E-state index in [0.29, 0.717) is 0 Å². The largest absolute Gasteiger partial charge is 0.205 e. The smallest absolute Gasteiger partial charge is 0.168 e. The third kappa shape index (κ3) is 7.38. The number of aryl methyl sites for hydroxylation is 1. The first-order valence-electron chi connectivity index (χ1n) is 5.87. The van der Waals surface area contributed by atoms with Crippen molar-refractivity contribution in [2.45, 2.75) is 52.0 Å². The predicted molar refractivity (Wildman–Crippen MR) is 67.3 cm³/mol. The van der Waals surface area contributed by atoms with Crippen LogP contribution in [-0.4, -0.2) is 0 Å². The van der Waals surface area contributed by atoms with E-state index in [9.17, 15) is 0 Å². The molecule has 0 N–H and O–H groups in total. The minimum atomic E-state index is 0. The van der Waals surface area contributed by atoms with Crippen LogP contribution < -0.4 is 4.57 Å². The molecule has 0 saturated heterocycles. The maximum atomic E-state index is 2.26. The summed E-state index contributed by atoms with van der Waals surface area (Å²) in [5.41, 5.74) is 0. The highest BCUT2D eigenvalue weighted by Crippen LogP contribution is 2.04. The average molecular weight is 229 g/mol. The minimum Gasteiger partial charge on any atom is -0.205 e. The van der Waals surface area contributed by atoms with E-state index in [1.54, 1.807) is 0 Å². The van der Waals surface area contributed by atoms with E-state index in [2.05, 4.69) is 42.1 Å². The van der Waals surface area contributed by atoms with Crippen molar-refractivity contribution in [2.75, 3.05) is 0 Å². The maximum absolute atomic E-state index is 2.26. The van der Waals surface area contributed by atoms with Gasteiger partial charge in [-0.15, -0.1) is 12.4 Å². The summed E-state index contributed by atoms with van der Waals surface area (Å²) in [6.45, 7) is 3.44. The summed E-state index contributed by atoms with van der Waals surface area (Å²) in [7, 11) is 0. The van der Waals surface area contributed by atoms with Gasteiger partial charge >= 0.3 is 0 Å². The van der Waals surface area contributed by atoms with Crippen molar-refractivity contribution < 1.29 is 4.57 Å². The zero-order valence-corrected chi connectivity index (χ0v) is 10.5. The SMILES string of the molecule is CCCCCCCC[n+]1ccccc1.Cl. The predicted octanol–water partition coefficient (Wildman–Crippen LogP) is 3.76. The summed E-state index contributed by atoms with van der Waals surface area (Å²) in [5, 5.41) is 0. The standard InChI is InChI=1S/C13H22N.ClH/c1-2-3-4-5-6-8-11-14-12-9-7-10-13-14;/h7,9-10,12-13H,2-6,8,11H2,1H3;1H/q+1;. The lowest BCUT2D eigenvalue weighted by Gasteiger charge is -1.98.